The van der Waals surface area contributed by atoms with Gasteiger partial charge < -0.3 is 10.2 Å². The highest BCUT2D eigenvalue weighted by molar-refractivity contribution is 7.92. The first kappa shape index (κ1) is 32.2. The number of nitrogens with zero attached hydrogens (tertiary/aromatic N) is 2. The fraction of sp³-hybridized carbons (Fsp3) is 0.375. The third kappa shape index (κ3) is 10.2. The van der Waals surface area contributed by atoms with E-state index in [2.05, 4.69) is 5.32 Å². The van der Waals surface area contributed by atoms with E-state index in [1.54, 1.807) is 29.2 Å². The van der Waals surface area contributed by atoms with Gasteiger partial charge in [-0.2, -0.15) is 0 Å². The molecule has 0 unspecified atom stereocenters. The van der Waals surface area contributed by atoms with E-state index in [1.165, 1.54) is 4.31 Å². The Morgan fingerprint density at radius 1 is 0.902 bits per heavy atom. The number of sulfonamides is 1. The zero-order valence-corrected chi connectivity index (χ0v) is 25.8. The van der Waals surface area contributed by atoms with Crippen molar-refractivity contribution < 1.29 is 18.0 Å². The van der Waals surface area contributed by atoms with Crippen LogP contribution in [0.3, 0.4) is 0 Å². The van der Waals surface area contributed by atoms with E-state index in [1.807, 2.05) is 75.4 Å². The van der Waals surface area contributed by atoms with Crippen LogP contribution in [0.5, 0.6) is 0 Å². The predicted octanol–water partition coefficient (Wildman–Crippen LogP) is 5.61. The first-order valence-electron chi connectivity index (χ1n) is 13.8. The SMILES string of the molecule is Cc1ccc(N(CCCC(=O)N(Cc2ccc(Cl)cc2)[C@H](Cc2ccccc2)C(=O)NCC(C)C)S(C)(=O)=O)cc1. The molecule has 3 aromatic rings. The van der Waals surface area contributed by atoms with Crippen molar-refractivity contribution in [3.05, 3.63) is 101 Å². The lowest BCUT2D eigenvalue weighted by atomic mass is 10.0. The molecule has 0 radical (unpaired) electrons. The van der Waals surface area contributed by atoms with E-state index in [9.17, 15) is 18.0 Å². The molecular formula is C32H40ClN3O4S. The van der Waals surface area contributed by atoms with Crippen LogP contribution in [0.15, 0.2) is 78.9 Å². The van der Waals surface area contributed by atoms with Gasteiger partial charge in [-0.25, -0.2) is 8.42 Å². The van der Waals surface area contributed by atoms with Crippen molar-refractivity contribution in [3.8, 4) is 0 Å². The number of halogens is 1. The number of anilines is 1. The first-order valence-corrected chi connectivity index (χ1v) is 16.1. The molecule has 2 amide bonds. The molecule has 3 aromatic carbocycles. The van der Waals surface area contributed by atoms with Crippen LogP contribution in [0.25, 0.3) is 0 Å². The summed E-state index contributed by atoms with van der Waals surface area (Å²) in [5, 5.41) is 3.59. The minimum Gasteiger partial charge on any atom is -0.354 e. The molecule has 0 heterocycles. The number of benzene rings is 3. The fourth-order valence-corrected chi connectivity index (χ4v) is 5.57. The zero-order valence-electron chi connectivity index (χ0n) is 24.2. The molecular weight excluding hydrogens is 558 g/mol. The highest BCUT2D eigenvalue weighted by atomic mass is 35.5. The minimum atomic E-state index is -3.56. The molecule has 220 valence electrons. The van der Waals surface area contributed by atoms with Crippen LogP contribution < -0.4 is 9.62 Å². The van der Waals surface area contributed by atoms with E-state index in [0.717, 1.165) is 22.9 Å². The fourth-order valence-electron chi connectivity index (χ4n) is 4.48. The van der Waals surface area contributed by atoms with Crippen molar-refractivity contribution in [3.63, 3.8) is 0 Å². The molecule has 0 saturated heterocycles. The molecule has 0 fully saturated rings. The highest BCUT2D eigenvalue weighted by Crippen LogP contribution is 2.21. The van der Waals surface area contributed by atoms with Gasteiger partial charge in [0, 0.05) is 37.5 Å². The van der Waals surface area contributed by atoms with Gasteiger partial charge in [0.2, 0.25) is 21.8 Å². The van der Waals surface area contributed by atoms with Crippen LogP contribution in [0, 0.1) is 12.8 Å². The van der Waals surface area contributed by atoms with Crippen molar-refractivity contribution in [1.82, 2.24) is 10.2 Å². The summed E-state index contributed by atoms with van der Waals surface area (Å²) in [5.41, 5.74) is 3.36. The Labute approximate surface area is 249 Å². The van der Waals surface area contributed by atoms with Crippen LogP contribution in [-0.2, 0) is 32.6 Å². The van der Waals surface area contributed by atoms with Crippen LogP contribution >= 0.6 is 11.6 Å². The number of rotatable bonds is 14. The second kappa shape index (κ2) is 15.0. The van der Waals surface area contributed by atoms with E-state index >= 15 is 0 Å². The second-order valence-electron chi connectivity index (χ2n) is 10.8. The summed E-state index contributed by atoms with van der Waals surface area (Å²) >= 11 is 6.10. The Morgan fingerprint density at radius 3 is 2.12 bits per heavy atom. The number of amides is 2. The van der Waals surface area contributed by atoms with Gasteiger partial charge in [0.1, 0.15) is 6.04 Å². The second-order valence-corrected chi connectivity index (χ2v) is 13.1. The molecule has 0 aliphatic rings. The van der Waals surface area contributed by atoms with Crippen molar-refractivity contribution in [2.24, 2.45) is 5.92 Å². The van der Waals surface area contributed by atoms with Gasteiger partial charge >= 0.3 is 0 Å². The summed E-state index contributed by atoms with van der Waals surface area (Å²) in [4.78, 5) is 29.0. The quantitative estimate of drug-likeness (QED) is 0.262. The maximum Gasteiger partial charge on any atom is 0.243 e. The number of hydrogen-bond donors (Lipinski definition) is 1. The maximum absolute atomic E-state index is 13.9. The summed E-state index contributed by atoms with van der Waals surface area (Å²) in [6.07, 6.45) is 1.89. The first-order chi connectivity index (χ1) is 19.4. The van der Waals surface area contributed by atoms with Crippen molar-refractivity contribution >= 4 is 39.1 Å². The van der Waals surface area contributed by atoms with Gasteiger partial charge in [-0.05, 0) is 54.7 Å². The van der Waals surface area contributed by atoms with Crippen LogP contribution in [0.4, 0.5) is 5.69 Å². The molecule has 7 nitrogen and oxygen atoms in total. The Balaban J connectivity index is 1.87. The summed E-state index contributed by atoms with van der Waals surface area (Å²) in [6.45, 7) is 6.83. The average Bonchev–Trinajstić information content (AvgIpc) is 2.93. The minimum absolute atomic E-state index is 0.0776. The Kier molecular flexibility index (Phi) is 11.8. The summed E-state index contributed by atoms with van der Waals surface area (Å²) in [6, 6.07) is 23.3. The van der Waals surface area contributed by atoms with Gasteiger partial charge in [0.25, 0.3) is 0 Å². The van der Waals surface area contributed by atoms with Gasteiger partial charge in [-0.15, -0.1) is 0 Å². The summed E-state index contributed by atoms with van der Waals surface area (Å²) in [5.74, 6) is -0.194. The Morgan fingerprint density at radius 2 is 1.54 bits per heavy atom. The van der Waals surface area contributed by atoms with Crippen LogP contribution in [-0.4, -0.2) is 50.5 Å². The molecule has 1 atom stereocenters. The number of carbonyl (C=O) groups excluding carboxylic acids is 2. The largest absolute Gasteiger partial charge is 0.354 e. The number of nitrogens with one attached hydrogen (secondary N) is 1. The van der Waals surface area contributed by atoms with Gasteiger partial charge in [0.05, 0.1) is 11.9 Å². The van der Waals surface area contributed by atoms with Gasteiger partial charge in [0.15, 0.2) is 0 Å². The average molecular weight is 598 g/mol. The maximum atomic E-state index is 13.9. The molecule has 0 saturated carbocycles. The van der Waals surface area contributed by atoms with Crippen LogP contribution in [0.1, 0.15) is 43.4 Å². The lowest BCUT2D eigenvalue weighted by Gasteiger charge is -2.32. The highest BCUT2D eigenvalue weighted by Gasteiger charge is 2.30. The Bertz CT molecular complexity index is 1380. The number of aryl methyl sites for hydroxylation is 1. The van der Waals surface area contributed by atoms with E-state index in [0.29, 0.717) is 30.1 Å². The van der Waals surface area contributed by atoms with E-state index in [4.69, 9.17) is 11.6 Å². The molecule has 3 rings (SSSR count). The van der Waals surface area contributed by atoms with E-state index < -0.39 is 16.1 Å². The molecule has 0 aliphatic heterocycles. The molecule has 0 bridgehead atoms. The number of hydrogen-bond acceptors (Lipinski definition) is 4. The monoisotopic (exact) mass is 597 g/mol. The third-order valence-electron chi connectivity index (χ3n) is 6.70. The zero-order chi connectivity index (χ0) is 30.0. The lowest BCUT2D eigenvalue weighted by molar-refractivity contribution is -0.141. The molecule has 0 aliphatic carbocycles. The number of carbonyl (C=O) groups is 2. The topological polar surface area (TPSA) is 86.8 Å². The summed E-state index contributed by atoms with van der Waals surface area (Å²) in [7, 11) is -3.56. The standard InChI is InChI=1S/C32H40ClN3O4S/c1-24(2)22-34-32(38)30(21-26-9-6-5-7-10-26)35(23-27-14-16-28(33)17-15-27)31(37)11-8-20-36(41(4,39)40)29-18-12-25(3)13-19-29/h5-7,9-10,12-19,24,30H,8,11,20-23H2,1-4H3,(H,34,38)/t30-/m1/s1. The smallest absolute Gasteiger partial charge is 0.243 e. The molecule has 41 heavy (non-hydrogen) atoms. The van der Waals surface area contributed by atoms with Gasteiger partial charge in [-0.1, -0.05) is 85.6 Å². The van der Waals surface area contributed by atoms with Crippen molar-refractivity contribution in [2.45, 2.75) is 52.6 Å². The molecule has 0 spiro atoms. The predicted molar refractivity (Wildman–Crippen MR) is 166 cm³/mol. The normalized spacial score (nSPS) is 12.1. The summed E-state index contributed by atoms with van der Waals surface area (Å²) < 4.78 is 26.5. The lowest BCUT2D eigenvalue weighted by Crippen LogP contribution is -2.51. The molecule has 9 heteroatoms. The van der Waals surface area contributed by atoms with Gasteiger partial charge in [-0.3, -0.25) is 13.9 Å². The van der Waals surface area contributed by atoms with Crippen molar-refractivity contribution in [1.29, 1.82) is 0 Å². The van der Waals surface area contributed by atoms with Crippen molar-refractivity contribution in [2.75, 3.05) is 23.7 Å². The van der Waals surface area contributed by atoms with Crippen LogP contribution in [0.2, 0.25) is 5.02 Å². The Hall–Kier alpha value is -3.36. The third-order valence-corrected chi connectivity index (χ3v) is 8.14. The molecule has 1 N–H and O–H groups in total. The van der Waals surface area contributed by atoms with E-state index in [-0.39, 0.29) is 37.2 Å². The molecule has 0 aromatic heterocycles.